The zero-order valence-electron chi connectivity index (χ0n) is 23.2. The van der Waals surface area contributed by atoms with Gasteiger partial charge in [-0.2, -0.15) is 0 Å². The number of piperazine rings is 1. The summed E-state index contributed by atoms with van der Waals surface area (Å²) in [6.07, 6.45) is 7.11. The quantitative estimate of drug-likeness (QED) is 0.290. The molecule has 8 nitrogen and oxygen atoms in total. The van der Waals surface area contributed by atoms with E-state index < -0.39 is 10.0 Å². The molecule has 2 aromatic carbocycles. The van der Waals surface area contributed by atoms with Crippen LogP contribution < -0.4 is 9.46 Å². The molecule has 3 aromatic rings. The van der Waals surface area contributed by atoms with E-state index in [1.54, 1.807) is 30.5 Å². The number of rotatable bonds is 10. The average Bonchev–Trinajstić information content (AvgIpc) is 3.22. The molecule has 2 heterocycles. The molecule has 0 radical (unpaired) electrons. The first-order chi connectivity index (χ1) is 19.9. The molecule has 2 aliphatic rings. The van der Waals surface area contributed by atoms with Crippen molar-refractivity contribution in [2.45, 2.75) is 37.6 Å². The second kappa shape index (κ2) is 13.0. The molecule has 1 fully saturated rings. The standard InChI is InChI=1S/C32H34N4O4S/c1-2-3-22-40-29-13-4-8-25(23-29)24-35-18-20-36(21-19-35)32(37)27-10-5-12-28(16-15-27)34-41(38,39)30-14-6-9-26-11-7-17-33-31(26)30/h4,6-9,11,13-17,23,34H,2-3,12,18-22,24H2,1H3. The van der Waals surface area contributed by atoms with Gasteiger partial charge in [0, 0.05) is 50.0 Å². The number of carbonyl (C=O) groups is 1. The van der Waals surface area contributed by atoms with E-state index in [0.717, 1.165) is 50.2 Å². The van der Waals surface area contributed by atoms with E-state index in [9.17, 15) is 13.2 Å². The summed E-state index contributed by atoms with van der Waals surface area (Å²) in [7, 11) is -3.89. The van der Waals surface area contributed by atoms with Gasteiger partial charge in [0.25, 0.3) is 15.9 Å². The van der Waals surface area contributed by atoms with Crippen molar-refractivity contribution >= 4 is 26.8 Å². The first-order valence-electron chi connectivity index (χ1n) is 13.9. The Bertz CT molecular complexity index is 1640. The monoisotopic (exact) mass is 570 g/mol. The molecule has 1 aliphatic carbocycles. The zero-order valence-corrected chi connectivity index (χ0v) is 24.0. The number of allylic oxidation sites excluding steroid dienone is 3. The van der Waals surface area contributed by atoms with Crippen molar-refractivity contribution in [2.75, 3.05) is 32.8 Å². The van der Waals surface area contributed by atoms with Crippen molar-refractivity contribution in [1.29, 1.82) is 0 Å². The highest BCUT2D eigenvalue weighted by Gasteiger charge is 2.24. The molecule has 0 unspecified atom stereocenters. The Morgan fingerprint density at radius 1 is 1.05 bits per heavy atom. The third-order valence-corrected chi connectivity index (χ3v) is 8.50. The van der Waals surface area contributed by atoms with Crippen LogP contribution in [-0.4, -0.2) is 61.9 Å². The maximum Gasteiger partial charge on any atom is 0.263 e. The summed E-state index contributed by atoms with van der Waals surface area (Å²) in [6, 6.07) is 16.8. The van der Waals surface area contributed by atoms with E-state index >= 15 is 0 Å². The van der Waals surface area contributed by atoms with Crippen molar-refractivity contribution in [3.8, 4) is 17.6 Å². The maximum atomic E-state index is 13.2. The Balaban J connectivity index is 1.18. The first kappa shape index (κ1) is 28.4. The molecule has 9 heteroatoms. The number of nitrogens with one attached hydrogen (secondary N) is 1. The third kappa shape index (κ3) is 7.15. The lowest BCUT2D eigenvalue weighted by atomic mass is 10.1. The molecule has 1 saturated heterocycles. The summed E-state index contributed by atoms with van der Waals surface area (Å²) in [5.74, 6) is 6.64. The molecule has 0 spiro atoms. The predicted octanol–water partition coefficient (Wildman–Crippen LogP) is 4.25. The zero-order chi connectivity index (χ0) is 28.7. The highest BCUT2D eigenvalue weighted by atomic mass is 32.2. The van der Waals surface area contributed by atoms with Gasteiger partial charge >= 0.3 is 0 Å². The molecule has 1 N–H and O–H groups in total. The van der Waals surface area contributed by atoms with Crippen molar-refractivity contribution in [1.82, 2.24) is 19.5 Å². The number of hydrogen-bond acceptors (Lipinski definition) is 6. The second-order valence-electron chi connectivity index (χ2n) is 10.1. The molecule has 5 rings (SSSR count). The molecule has 0 saturated carbocycles. The van der Waals surface area contributed by atoms with E-state index in [1.807, 2.05) is 29.2 Å². The fourth-order valence-electron chi connectivity index (χ4n) is 4.84. The van der Waals surface area contributed by atoms with Crippen molar-refractivity contribution in [3.05, 3.63) is 89.8 Å². The Labute approximate surface area is 241 Å². The number of ether oxygens (including phenoxy) is 1. The molecular weight excluding hydrogens is 536 g/mol. The van der Waals surface area contributed by atoms with Gasteiger partial charge in [0.15, 0.2) is 0 Å². The molecule has 1 amide bonds. The lowest BCUT2D eigenvalue weighted by Crippen LogP contribution is -2.48. The van der Waals surface area contributed by atoms with Gasteiger partial charge in [0.1, 0.15) is 10.6 Å². The van der Waals surface area contributed by atoms with Crippen LogP contribution in [0.4, 0.5) is 0 Å². The van der Waals surface area contributed by atoms with Crippen LogP contribution in [0, 0.1) is 11.8 Å². The normalized spacial score (nSPS) is 15.8. The highest BCUT2D eigenvalue weighted by Crippen LogP contribution is 2.22. The first-order valence-corrected chi connectivity index (χ1v) is 15.4. The van der Waals surface area contributed by atoms with Crippen LogP contribution in [0.1, 0.15) is 31.7 Å². The number of nitrogens with zero attached hydrogens (tertiary/aromatic N) is 3. The van der Waals surface area contributed by atoms with Crippen LogP contribution in [0.25, 0.3) is 10.9 Å². The van der Waals surface area contributed by atoms with Gasteiger partial charge in [-0.25, -0.2) is 8.42 Å². The highest BCUT2D eigenvalue weighted by molar-refractivity contribution is 7.89. The number of sulfonamides is 1. The molecular formula is C32H34N4O4S. The summed E-state index contributed by atoms with van der Waals surface area (Å²) in [6.45, 7) is 6.38. The number of fused-ring (bicyclic) bond motifs is 1. The van der Waals surface area contributed by atoms with Crippen molar-refractivity contribution in [2.24, 2.45) is 0 Å². The van der Waals surface area contributed by atoms with Crippen LogP contribution in [0.5, 0.6) is 5.75 Å². The van der Waals surface area contributed by atoms with Gasteiger partial charge in [-0.05, 0) is 48.4 Å². The van der Waals surface area contributed by atoms with Crippen LogP contribution in [0.15, 0.2) is 89.1 Å². The van der Waals surface area contributed by atoms with Crippen molar-refractivity contribution in [3.63, 3.8) is 0 Å². The molecule has 0 atom stereocenters. The number of hydrogen-bond donors (Lipinski definition) is 1. The molecule has 0 bridgehead atoms. The van der Waals surface area contributed by atoms with E-state index in [-0.39, 0.29) is 17.2 Å². The Morgan fingerprint density at radius 2 is 1.85 bits per heavy atom. The summed E-state index contributed by atoms with van der Waals surface area (Å²) >= 11 is 0. The Hall–Kier alpha value is -4.13. The van der Waals surface area contributed by atoms with Gasteiger partial charge in [0.05, 0.1) is 24.1 Å². The minimum atomic E-state index is -3.89. The van der Waals surface area contributed by atoms with Gasteiger partial charge in [-0.1, -0.05) is 55.5 Å². The topological polar surface area (TPSA) is 91.8 Å². The van der Waals surface area contributed by atoms with E-state index in [2.05, 4.69) is 45.5 Å². The van der Waals surface area contributed by atoms with Gasteiger partial charge in [0.2, 0.25) is 0 Å². The number of benzene rings is 2. The third-order valence-electron chi connectivity index (χ3n) is 7.06. The fourth-order valence-corrected chi connectivity index (χ4v) is 6.12. The predicted molar refractivity (Wildman–Crippen MR) is 159 cm³/mol. The fraction of sp³-hybridized carbons (Fsp3) is 0.312. The lowest BCUT2D eigenvalue weighted by Gasteiger charge is -2.34. The Morgan fingerprint density at radius 3 is 2.68 bits per heavy atom. The van der Waals surface area contributed by atoms with Crippen LogP contribution in [-0.2, 0) is 21.4 Å². The number of carbonyl (C=O) groups excluding carboxylic acids is 1. The lowest BCUT2D eigenvalue weighted by molar-refractivity contribution is -0.128. The summed E-state index contributed by atoms with van der Waals surface area (Å²) < 4.78 is 34.8. The minimum Gasteiger partial charge on any atom is -0.494 e. The smallest absolute Gasteiger partial charge is 0.263 e. The number of amides is 1. The molecule has 41 heavy (non-hydrogen) atoms. The molecule has 212 valence electrons. The number of para-hydroxylation sites is 1. The van der Waals surface area contributed by atoms with E-state index in [1.165, 1.54) is 11.6 Å². The maximum absolute atomic E-state index is 13.2. The number of unbranched alkanes of at least 4 members (excludes halogenated alkanes) is 1. The largest absolute Gasteiger partial charge is 0.494 e. The van der Waals surface area contributed by atoms with Crippen molar-refractivity contribution < 1.29 is 17.9 Å². The molecule has 1 aliphatic heterocycles. The van der Waals surface area contributed by atoms with Crippen LogP contribution >= 0.6 is 0 Å². The average molecular weight is 571 g/mol. The van der Waals surface area contributed by atoms with Crippen LogP contribution in [0.2, 0.25) is 0 Å². The van der Waals surface area contributed by atoms with Gasteiger partial charge in [-0.3, -0.25) is 19.4 Å². The van der Waals surface area contributed by atoms with E-state index in [4.69, 9.17) is 4.74 Å². The van der Waals surface area contributed by atoms with Gasteiger partial charge < -0.3 is 9.64 Å². The SMILES string of the molecule is CCCCOc1cccc(CN2CCN(C(=O)C3=CC=C(NS(=O)(=O)c4cccc5cccnc45)CC#C3)CC2)c1. The Kier molecular flexibility index (Phi) is 9.02. The summed E-state index contributed by atoms with van der Waals surface area (Å²) in [5, 5.41) is 0.739. The molecule has 1 aromatic heterocycles. The second-order valence-corrected chi connectivity index (χ2v) is 11.8. The summed E-state index contributed by atoms with van der Waals surface area (Å²) in [5.41, 5.74) is 2.35. The summed E-state index contributed by atoms with van der Waals surface area (Å²) in [4.78, 5) is 21.7. The number of aromatic nitrogens is 1. The number of pyridine rings is 1. The van der Waals surface area contributed by atoms with E-state index in [0.29, 0.717) is 29.9 Å². The minimum absolute atomic E-state index is 0.0996. The van der Waals surface area contributed by atoms with Gasteiger partial charge in [-0.15, -0.1) is 0 Å². The van der Waals surface area contributed by atoms with Crippen LogP contribution in [0.3, 0.4) is 0 Å².